The van der Waals surface area contributed by atoms with Crippen molar-refractivity contribution in [1.82, 2.24) is 10.3 Å². The van der Waals surface area contributed by atoms with E-state index in [0.29, 0.717) is 23.7 Å². The number of anilines is 1. The molecule has 1 amide bonds. The van der Waals surface area contributed by atoms with Crippen LogP contribution in [0.4, 0.5) is 5.82 Å². The largest absolute Gasteiger partial charge is 0.463 e. The van der Waals surface area contributed by atoms with Crippen molar-refractivity contribution in [2.45, 2.75) is 32.6 Å². The Kier molecular flexibility index (Phi) is 6.57. The Balaban J connectivity index is 1.75. The zero-order valence-electron chi connectivity index (χ0n) is 15.4. The van der Waals surface area contributed by atoms with Crippen molar-refractivity contribution in [2.75, 3.05) is 12.0 Å². The summed E-state index contributed by atoms with van der Waals surface area (Å²) >= 11 is 0. The highest BCUT2D eigenvalue weighted by Gasteiger charge is 2.12. The Bertz CT molecular complexity index is 904. The van der Waals surface area contributed by atoms with Gasteiger partial charge in [-0.3, -0.25) is 10.2 Å². The molecule has 0 spiro atoms. The maximum Gasteiger partial charge on any atom is 0.252 e. The summed E-state index contributed by atoms with van der Waals surface area (Å²) in [5.41, 5.74) is 4.20. The Morgan fingerprint density at radius 2 is 2.07 bits per heavy atom. The number of rotatable bonds is 9. The van der Waals surface area contributed by atoms with Gasteiger partial charge >= 0.3 is 0 Å². The van der Waals surface area contributed by atoms with Gasteiger partial charge < -0.3 is 9.73 Å². The Labute approximate surface area is 158 Å². The molecule has 0 aliphatic carbocycles. The maximum absolute atomic E-state index is 12.7. The number of pyridine rings is 1. The number of amides is 1. The van der Waals surface area contributed by atoms with Crippen LogP contribution in [0.25, 0.3) is 10.9 Å². The SMILES string of the molecule is CCCCCCNC(=O)c1cc(N/N=C/c2ccco2)nc2ccccc12. The normalized spacial score (nSPS) is 11.1. The second-order valence-electron chi connectivity index (χ2n) is 6.27. The standard InChI is InChI=1S/C21H24N4O2/c1-2-3-4-7-12-22-21(26)18-14-20(24-19-11-6-5-10-17(18)19)25-23-15-16-9-8-13-27-16/h5-6,8-11,13-15H,2-4,7,12H2,1H3,(H,22,26)(H,24,25)/b23-15+. The number of aromatic nitrogens is 1. The molecule has 0 aliphatic heterocycles. The van der Waals surface area contributed by atoms with Crippen molar-refractivity contribution in [2.24, 2.45) is 5.10 Å². The molecule has 2 aromatic heterocycles. The Morgan fingerprint density at radius 3 is 2.89 bits per heavy atom. The fourth-order valence-electron chi connectivity index (χ4n) is 2.80. The molecular formula is C21H24N4O2. The van der Waals surface area contributed by atoms with Gasteiger partial charge in [0, 0.05) is 11.9 Å². The van der Waals surface area contributed by atoms with Gasteiger partial charge in [-0.05, 0) is 30.7 Å². The number of benzene rings is 1. The number of nitrogens with zero attached hydrogens (tertiary/aromatic N) is 2. The molecule has 27 heavy (non-hydrogen) atoms. The molecule has 6 nitrogen and oxygen atoms in total. The van der Waals surface area contributed by atoms with Crippen molar-refractivity contribution >= 4 is 28.8 Å². The first-order valence-electron chi connectivity index (χ1n) is 9.28. The highest BCUT2D eigenvalue weighted by Crippen LogP contribution is 2.21. The summed E-state index contributed by atoms with van der Waals surface area (Å²) < 4.78 is 5.20. The van der Waals surface area contributed by atoms with Crippen molar-refractivity contribution in [1.29, 1.82) is 0 Å². The van der Waals surface area contributed by atoms with E-state index in [0.717, 1.165) is 23.7 Å². The van der Waals surface area contributed by atoms with Crippen molar-refractivity contribution < 1.29 is 9.21 Å². The number of hydrogen-bond donors (Lipinski definition) is 2. The van der Waals surface area contributed by atoms with Gasteiger partial charge in [0.2, 0.25) is 0 Å². The van der Waals surface area contributed by atoms with Crippen LogP contribution in [0.15, 0.2) is 58.2 Å². The van der Waals surface area contributed by atoms with Crippen molar-refractivity contribution in [3.05, 3.63) is 60.1 Å². The first-order valence-corrected chi connectivity index (χ1v) is 9.28. The molecule has 0 unspecified atom stereocenters. The molecule has 0 bridgehead atoms. The third-order valence-electron chi connectivity index (χ3n) is 4.19. The van der Waals surface area contributed by atoms with E-state index in [1.807, 2.05) is 24.3 Å². The predicted octanol–water partition coefficient (Wildman–Crippen LogP) is 4.58. The second-order valence-corrected chi connectivity index (χ2v) is 6.27. The maximum atomic E-state index is 12.7. The lowest BCUT2D eigenvalue weighted by Gasteiger charge is -2.10. The number of nitrogens with one attached hydrogen (secondary N) is 2. The van der Waals surface area contributed by atoms with Crippen LogP contribution >= 0.6 is 0 Å². The van der Waals surface area contributed by atoms with Crippen LogP contribution < -0.4 is 10.7 Å². The number of hydrazone groups is 1. The van der Waals surface area contributed by atoms with Gasteiger partial charge in [-0.2, -0.15) is 5.10 Å². The fraction of sp³-hybridized carbons (Fsp3) is 0.286. The first-order chi connectivity index (χ1) is 13.3. The van der Waals surface area contributed by atoms with E-state index < -0.39 is 0 Å². The minimum atomic E-state index is -0.0943. The number of hydrogen-bond acceptors (Lipinski definition) is 5. The van der Waals surface area contributed by atoms with E-state index in [1.165, 1.54) is 12.8 Å². The van der Waals surface area contributed by atoms with Gasteiger partial charge in [0.25, 0.3) is 5.91 Å². The Hall–Kier alpha value is -3.15. The van der Waals surface area contributed by atoms with Gasteiger partial charge in [0.1, 0.15) is 11.6 Å². The highest BCUT2D eigenvalue weighted by atomic mass is 16.3. The summed E-state index contributed by atoms with van der Waals surface area (Å²) in [5.74, 6) is 1.05. The molecule has 2 N–H and O–H groups in total. The molecule has 0 atom stereocenters. The van der Waals surface area contributed by atoms with E-state index in [2.05, 4.69) is 27.8 Å². The second kappa shape index (κ2) is 9.52. The van der Waals surface area contributed by atoms with Gasteiger partial charge in [-0.15, -0.1) is 0 Å². The minimum Gasteiger partial charge on any atom is -0.463 e. The van der Waals surface area contributed by atoms with Crippen LogP contribution in [0.1, 0.15) is 48.7 Å². The lowest BCUT2D eigenvalue weighted by atomic mass is 10.1. The summed E-state index contributed by atoms with van der Waals surface area (Å²) in [4.78, 5) is 17.2. The van der Waals surface area contributed by atoms with Crippen LogP contribution in [0.2, 0.25) is 0 Å². The van der Waals surface area contributed by atoms with Crippen LogP contribution in [-0.4, -0.2) is 23.7 Å². The Morgan fingerprint density at radius 1 is 1.19 bits per heavy atom. The van der Waals surface area contributed by atoms with E-state index in [-0.39, 0.29) is 5.91 Å². The zero-order valence-corrected chi connectivity index (χ0v) is 15.4. The molecule has 0 saturated heterocycles. The average molecular weight is 364 g/mol. The molecule has 0 fully saturated rings. The van der Waals surface area contributed by atoms with Gasteiger partial charge in [0.05, 0.1) is 23.6 Å². The summed E-state index contributed by atoms with van der Waals surface area (Å²) in [5, 5.41) is 7.96. The quantitative estimate of drug-likeness (QED) is 0.331. The fourth-order valence-corrected chi connectivity index (χ4v) is 2.80. The van der Waals surface area contributed by atoms with Crippen LogP contribution in [0, 0.1) is 0 Å². The molecule has 6 heteroatoms. The highest BCUT2D eigenvalue weighted by molar-refractivity contribution is 6.07. The lowest BCUT2D eigenvalue weighted by Crippen LogP contribution is -2.25. The van der Waals surface area contributed by atoms with E-state index in [4.69, 9.17) is 4.42 Å². The third kappa shape index (κ3) is 5.17. The first kappa shape index (κ1) is 18.6. The summed E-state index contributed by atoms with van der Waals surface area (Å²) in [6.07, 6.45) is 7.62. The molecule has 3 aromatic rings. The molecule has 1 aromatic carbocycles. The van der Waals surface area contributed by atoms with Crippen molar-refractivity contribution in [3.8, 4) is 0 Å². The molecule has 0 radical (unpaired) electrons. The number of carbonyl (C=O) groups is 1. The number of carbonyl (C=O) groups excluding carboxylic acids is 1. The van der Waals surface area contributed by atoms with Crippen LogP contribution in [-0.2, 0) is 0 Å². The topological polar surface area (TPSA) is 79.5 Å². The average Bonchev–Trinajstić information content (AvgIpc) is 3.20. The molecule has 140 valence electrons. The monoisotopic (exact) mass is 364 g/mol. The molecule has 3 rings (SSSR count). The van der Waals surface area contributed by atoms with Crippen molar-refractivity contribution in [3.63, 3.8) is 0 Å². The summed E-state index contributed by atoms with van der Waals surface area (Å²) in [6.45, 7) is 2.85. The van der Waals surface area contributed by atoms with Crippen LogP contribution in [0.3, 0.4) is 0 Å². The zero-order chi connectivity index (χ0) is 18.9. The summed E-state index contributed by atoms with van der Waals surface area (Å²) in [6, 6.07) is 12.9. The smallest absolute Gasteiger partial charge is 0.252 e. The molecular weight excluding hydrogens is 340 g/mol. The van der Waals surface area contributed by atoms with E-state index in [9.17, 15) is 4.79 Å². The number of fused-ring (bicyclic) bond motifs is 1. The number of para-hydroxylation sites is 1. The third-order valence-corrected chi connectivity index (χ3v) is 4.19. The van der Waals surface area contributed by atoms with E-state index in [1.54, 1.807) is 30.7 Å². The molecule has 0 aliphatic rings. The predicted molar refractivity (Wildman–Crippen MR) is 108 cm³/mol. The van der Waals surface area contributed by atoms with Gasteiger partial charge in [-0.1, -0.05) is 44.4 Å². The molecule has 2 heterocycles. The number of furan rings is 1. The summed E-state index contributed by atoms with van der Waals surface area (Å²) in [7, 11) is 0. The van der Waals surface area contributed by atoms with E-state index >= 15 is 0 Å². The molecule has 0 saturated carbocycles. The van der Waals surface area contributed by atoms with Gasteiger partial charge in [-0.25, -0.2) is 4.98 Å². The minimum absolute atomic E-state index is 0.0943. The van der Waals surface area contributed by atoms with Crippen LogP contribution in [0.5, 0.6) is 0 Å². The number of unbranched alkanes of at least 4 members (excludes halogenated alkanes) is 3. The van der Waals surface area contributed by atoms with Gasteiger partial charge in [0.15, 0.2) is 0 Å². The lowest BCUT2D eigenvalue weighted by molar-refractivity contribution is 0.0954.